The van der Waals surface area contributed by atoms with Crippen LogP contribution < -0.4 is 0 Å². The van der Waals surface area contributed by atoms with Crippen LogP contribution in [0.5, 0.6) is 0 Å². The Labute approximate surface area is 114 Å². The first-order chi connectivity index (χ1) is 7.06. The van der Waals surface area contributed by atoms with Gasteiger partial charge in [-0.3, -0.25) is 0 Å². The molecule has 1 aliphatic carbocycles. The van der Waals surface area contributed by atoms with Crippen molar-refractivity contribution in [1.29, 1.82) is 0 Å². The van der Waals surface area contributed by atoms with E-state index >= 15 is 0 Å². The van der Waals surface area contributed by atoms with Crippen molar-refractivity contribution in [1.82, 2.24) is 0 Å². The molecule has 0 aromatic carbocycles. The molecule has 0 spiro atoms. The van der Waals surface area contributed by atoms with E-state index in [2.05, 4.69) is 94.5 Å². The highest BCUT2D eigenvalue weighted by atomic mass is 127. The molecule has 0 heterocycles. The molecule has 0 amide bonds. The molecule has 0 saturated heterocycles. The number of hydrogen-bond acceptors (Lipinski definition) is 0. The fourth-order valence-electron chi connectivity index (χ4n) is 1.62. The van der Waals surface area contributed by atoms with Gasteiger partial charge in [-0.15, -0.1) is 0 Å². The summed E-state index contributed by atoms with van der Waals surface area (Å²) in [5.74, 6) is 0. The lowest BCUT2D eigenvalue weighted by atomic mass is 9.78. The van der Waals surface area contributed by atoms with Crippen molar-refractivity contribution >= 4 is 22.6 Å². The second kappa shape index (κ2) is 4.32. The Morgan fingerprint density at radius 3 is 2.06 bits per heavy atom. The summed E-state index contributed by atoms with van der Waals surface area (Å²) in [6.45, 7) is 13.6. The Morgan fingerprint density at radius 1 is 1.06 bits per heavy atom. The van der Waals surface area contributed by atoms with Crippen molar-refractivity contribution in [3.8, 4) is 0 Å². The van der Waals surface area contributed by atoms with Crippen molar-refractivity contribution in [3.63, 3.8) is 0 Å². The second-order valence-corrected chi connectivity index (χ2v) is 9.02. The van der Waals surface area contributed by atoms with E-state index in [1.165, 1.54) is 5.57 Å². The molecule has 16 heavy (non-hydrogen) atoms. The zero-order valence-corrected chi connectivity index (χ0v) is 13.4. The van der Waals surface area contributed by atoms with Crippen molar-refractivity contribution in [2.45, 2.75) is 45.0 Å². The van der Waals surface area contributed by atoms with Crippen LogP contribution in [0.2, 0.25) is 0 Å². The monoisotopic (exact) mass is 330 g/mol. The molecular weight excluding hydrogens is 307 g/mol. The Kier molecular flexibility index (Phi) is 3.78. The van der Waals surface area contributed by atoms with Gasteiger partial charge < -0.3 is 0 Å². The molecular formula is C15H23I. The van der Waals surface area contributed by atoms with Gasteiger partial charge in [0.1, 0.15) is 0 Å². The van der Waals surface area contributed by atoms with Gasteiger partial charge in [0.05, 0.1) is 0 Å². The van der Waals surface area contributed by atoms with Gasteiger partial charge in [-0.2, -0.15) is 0 Å². The van der Waals surface area contributed by atoms with Gasteiger partial charge in [0.15, 0.2) is 0 Å². The van der Waals surface area contributed by atoms with Gasteiger partial charge in [-0.05, 0) is 24.8 Å². The average molecular weight is 330 g/mol. The van der Waals surface area contributed by atoms with Crippen LogP contribution in [0, 0.1) is 10.8 Å². The van der Waals surface area contributed by atoms with Crippen molar-refractivity contribution in [2.75, 3.05) is 0 Å². The van der Waals surface area contributed by atoms with Crippen LogP contribution in [0.1, 0.15) is 41.5 Å². The van der Waals surface area contributed by atoms with Crippen LogP contribution in [0.15, 0.2) is 36.0 Å². The first-order valence-electron chi connectivity index (χ1n) is 5.84. The zero-order chi connectivity index (χ0) is 12.6. The molecule has 0 bridgehead atoms. The average Bonchev–Trinajstić information content (AvgIpc) is 2.25. The summed E-state index contributed by atoms with van der Waals surface area (Å²) in [7, 11) is 0. The van der Waals surface area contributed by atoms with E-state index in [9.17, 15) is 0 Å². The maximum Gasteiger partial charge on any atom is 0.0288 e. The van der Waals surface area contributed by atoms with Crippen LogP contribution >= 0.6 is 22.6 Å². The number of hydrogen-bond donors (Lipinski definition) is 0. The molecule has 1 atom stereocenters. The lowest BCUT2D eigenvalue weighted by Crippen LogP contribution is -2.32. The van der Waals surface area contributed by atoms with Crippen molar-refractivity contribution < 1.29 is 0 Å². The summed E-state index contributed by atoms with van der Waals surface area (Å²) in [6.07, 6.45) is 11.4. The fraction of sp³-hybridized carbons (Fsp3) is 0.600. The van der Waals surface area contributed by atoms with Gasteiger partial charge in [-0.1, -0.05) is 80.7 Å². The molecule has 0 nitrogen and oxygen atoms in total. The molecule has 0 aliphatic heterocycles. The lowest BCUT2D eigenvalue weighted by molar-refractivity contribution is 0.446. The minimum absolute atomic E-state index is 0.122. The van der Waals surface area contributed by atoms with Gasteiger partial charge >= 0.3 is 0 Å². The summed E-state index contributed by atoms with van der Waals surface area (Å²) in [6, 6.07) is 0. The SMILES string of the molecule is CC(C)(C)C1=CC=CC(C)(C(C)(C)I)C=C1. The quantitative estimate of drug-likeness (QED) is 0.452. The first kappa shape index (κ1) is 14.0. The number of allylic oxidation sites excluding steroid dienone is 6. The van der Waals surface area contributed by atoms with Crippen molar-refractivity contribution in [2.24, 2.45) is 10.8 Å². The summed E-state index contributed by atoms with van der Waals surface area (Å²) in [5, 5.41) is 0. The number of rotatable bonds is 1. The standard InChI is InChI=1S/C15H23I/c1-13(2,3)12-8-7-10-15(6,11-9-12)14(4,5)16/h7-11H,1-6H3. The Bertz CT molecular complexity index is 345. The topological polar surface area (TPSA) is 0 Å². The van der Waals surface area contributed by atoms with Crippen LogP contribution in [0.25, 0.3) is 0 Å². The maximum atomic E-state index is 2.53. The molecule has 0 fully saturated rings. The summed E-state index contributed by atoms with van der Waals surface area (Å²) < 4.78 is 0.221. The third-order valence-corrected chi connectivity index (χ3v) is 4.64. The number of alkyl halides is 1. The number of halogens is 1. The maximum absolute atomic E-state index is 2.53. The highest BCUT2D eigenvalue weighted by molar-refractivity contribution is 14.1. The molecule has 0 N–H and O–H groups in total. The summed E-state index contributed by atoms with van der Waals surface area (Å²) >= 11 is 2.53. The summed E-state index contributed by atoms with van der Waals surface area (Å²) in [4.78, 5) is 0. The zero-order valence-electron chi connectivity index (χ0n) is 11.3. The molecule has 1 rings (SSSR count). The molecule has 0 radical (unpaired) electrons. The largest absolute Gasteiger partial charge is 0.0782 e. The van der Waals surface area contributed by atoms with E-state index in [0.717, 1.165) is 0 Å². The van der Waals surface area contributed by atoms with Gasteiger partial charge in [0.25, 0.3) is 0 Å². The van der Waals surface area contributed by atoms with Gasteiger partial charge in [-0.25, -0.2) is 0 Å². The molecule has 1 heteroatoms. The minimum atomic E-state index is 0.122. The minimum Gasteiger partial charge on any atom is -0.0782 e. The smallest absolute Gasteiger partial charge is 0.0288 e. The fourth-order valence-corrected chi connectivity index (χ4v) is 1.98. The van der Waals surface area contributed by atoms with Gasteiger partial charge in [0.2, 0.25) is 0 Å². The predicted octanol–water partition coefficient (Wildman–Crippen LogP) is 5.30. The van der Waals surface area contributed by atoms with E-state index in [4.69, 9.17) is 0 Å². The third kappa shape index (κ3) is 2.99. The molecule has 1 unspecified atom stereocenters. The predicted molar refractivity (Wildman–Crippen MR) is 82.0 cm³/mol. The Morgan fingerprint density at radius 2 is 1.62 bits per heavy atom. The van der Waals surface area contributed by atoms with Crippen LogP contribution in [-0.2, 0) is 0 Å². The lowest BCUT2D eigenvalue weighted by Gasteiger charge is -2.35. The molecule has 0 saturated carbocycles. The van der Waals surface area contributed by atoms with Crippen LogP contribution in [0.4, 0.5) is 0 Å². The summed E-state index contributed by atoms with van der Waals surface area (Å²) in [5.41, 5.74) is 1.74. The molecule has 0 aromatic rings. The van der Waals surface area contributed by atoms with E-state index in [-0.39, 0.29) is 14.3 Å². The van der Waals surface area contributed by atoms with Crippen LogP contribution in [0.3, 0.4) is 0 Å². The molecule has 90 valence electrons. The van der Waals surface area contributed by atoms with E-state index in [0.29, 0.717) is 0 Å². The highest BCUT2D eigenvalue weighted by Gasteiger charge is 2.35. The van der Waals surface area contributed by atoms with E-state index < -0.39 is 0 Å². The third-order valence-electron chi connectivity index (χ3n) is 3.47. The molecule has 0 aromatic heterocycles. The van der Waals surface area contributed by atoms with Gasteiger partial charge in [0, 0.05) is 8.84 Å². The normalized spacial score (nSPS) is 26.6. The molecule has 1 aliphatic rings. The highest BCUT2D eigenvalue weighted by Crippen LogP contribution is 2.43. The van der Waals surface area contributed by atoms with E-state index in [1.807, 2.05) is 0 Å². The van der Waals surface area contributed by atoms with Crippen LogP contribution in [-0.4, -0.2) is 3.42 Å². The van der Waals surface area contributed by atoms with E-state index in [1.54, 1.807) is 0 Å². The van der Waals surface area contributed by atoms with Crippen molar-refractivity contribution in [3.05, 3.63) is 36.0 Å². The second-order valence-electron chi connectivity index (χ2n) is 6.32. The first-order valence-corrected chi connectivity index (χ1v) is 6.92. The Hall–Kier alpha value is -0.0500. The Balaban J connectivity index is 3.08.